The SMILES string of the molecule is Brc1cccc(OCC=Cc2ccccc2)n1. The van der Waals surface area contributed by atoms with Crippen molar-refractivity contribution in [3.05, 3.63) is 64.8 Å². The van der Waals surface area contributed by atoms with Crippen molar-refractivity contribution >= 4 is 22.0 Å². The first-order valence-corrected chi connectivity index (χ1v) is 6.11. The van der Waals surface area contributed by atoms with Crippen LogP contribution in [0.5, 0.6) is 5.88 Å². The van der Waals surface area contributed by atoms with Gasteiger partial charge in [0.05, 0.1) is 0 Å². The van der Waals surface area contributed by atoms with Crippen molar-refractivity contribution in [3.8, 4) is 5.88 Å². The van der Waals surface area contributed by atoms with Gasteiger partial charge in [0.15, 0.2) is 0 Å². The molecule has 0 aliphatic carbocycles. The second-order valence-corrected chi connectivity index (χ2v) is 4.24. The van der Waals surface area contributed by atoms with Gasteiger partial charge in [-0.2, -0.15) is 0 Å². The summed E-state index contributed by atoms with van der Waals surface area (Å²) in [6.07, 6.45) is 4.00. The Hall–Kier alpha value is -1.61. The van der Waals surface area contributed by atoms with Gasteiger partial charge in [-0.15, -0.1) is 0 Å². The molecule has 0 saturated heterocycles. The lowest BCUT2D eigenvalue weighted by molar-refractivity contribution is 0.348. The molecule has 0 aliphatic heterocycles. The third-order valence-corrected chi connectivity index (χ3v) is 2.57. The van der Waals surface area contributed by atoms with Gasteiger partial charge < -0.3 is 4.74 Å². The summed E-state index contributed by atoms with van der Waals surface area (Å²) in [5.74, 6) is 0.622. The van der Waals surface area contributed by atoms with Crippen molar-refractivity contribution < 1.29 is 4.74 Å². The van der Waals surface area contributed by atoms with E-state index in [4.69, 9.17) is 4.74 Å². The van der Waals surface area contributed by atoms with Crippen molar-refractivity contribution in [2.24, 2.45) is 0 Å². The molecule has 0 atom stereocenters. The monoisotopic (exact) mass is 289 g/mol. The van der Waals surface area contributed by atoms with Crippen LogP contribution in [0.15, 0.2) is 59.2 Å². The van der Waals surface area contributed by atoms with Crippen LogP contribution in [0.1, 0.15) is 5.56 Å². The molecule has 2 nitrogen and oxygen atoms in total. The average Bonchev–Trinajstić information content (AvgIpc) is 2.36. The molecule has 0 amide bonds. The molecule has 0 spiro atoms. The van der Waals surface area contributed by atoms with Crippen LogP contribution < -0.4 is 4.74 Å². The summed E-state index contributed by atoms with van der Waals surface area (Å²) in [7, 11) is 0. The summed E-state index contributed by atoms with van der Waals surface area (Å²) >= 11 is 3.30. The summed E-state index contributed by atoms with van der Waals surface area (Å²) in [5, 5.41) is 0. The van der Waals surface area contributed by atoms with E-state index in [0.717, 1.165) is 4.60 Å². The lowest BCUT2D eigenvalue weighted by Gasteiger charge is -2.01. The molecule has 0 saturated carbocycles. The number of ether oxygens (including phenoxy) is 1. The Morgan fingerprint density at radius 1 is 1.06 bits per heavy atom. The minimum Gasteiger partial charge on any atom is -0.473 e. The Balaban J connectivity index is 1.86. The topological polar surface area (TPSA) is 22.1 Å². The maximum Gasteiger partial charge on any atom is 0.214 e. The van der Waals surface area contributed by atoms with E-state index in [0.29, 0.717) is 12.5 Å². The maximum absolute atomic E-state index is 5.48. The van der Waals surface area contributed by atoms with Crippen LogP contribution >= 0.6 is 15.9 Å². The third-order valence-electron chi connectivity index (χ3n) is 2.13. The van der Waals surface area contributed by atoms with Crippen LogP contribution in [0.25, 0.3) is 6.08 Å². The number of halogens is 1. The first kappa shape index (κ1) is 11.9. The van der Waals surface area contributed by atoms with Gasteiger partial charge in [0.1, 0.15) is 11.2 Å². The predicted octanol–water partition coefficient (Wildman–Crippen LogP) is 3.94. The number of aromatic nitrogens is 1. The number of hydrogen-bond acceptors (Lipinski definition) is 2. The van der Waals surface area contributed by atoms with Gasteiger partial charge in [-0.1, -0.05) is 42.5 Å². The maximum atomic E-state index is 5.48. The molecular formula is C14H12BrNO. The van der Waals surface area contributed by atoms with Gasteiger partial charge in [-0.25, -0.2) is 4.98 Å². The summed E-state index contributed by atoms with van der Waals surface area (Å²) in [6.45, 7) is 0.512. The molecule has 0 fully saturated rings. The molecule has 0 bridgehead atoms. The molecule has 1 aromatic heterocycles. The summed E-state index contributed by atoms with van der Waals surface area (Å²) < 4.78 is 6.26. The van der Waals surface area contributed by atoms with Crippen LogP contribution in [0.2, 0.25) is 0 Å². The minimum absolute atomic E-state index is 0.512. The van der Waals surface area contributed by atoms with E-state index < -0.39 is 0 Å². The van der Waals surface area contributed by atoms with Crippen LogP contribution in [-0.2, 0) is 0 Å². The quantitative estimate of drug-likeness (QED) is 0.796. The van der Waals surface area contributed by atoms with E-state index in [2.05, 4.69) is 20.9 Å². The summed E-state index contributed by atoms with van der Waals surface area (Å²) in [4.78, 5) is 4.18. The second kappa shape index (κ2) is 6.21. The van der Waals surface area contributed by atoms with Crippen LogP contribution in [0, 0.1) is 0 Å². The van der Waals surface area contributed by atoms with Crippen molar-refractivity contribution in [2.45, 2.75) is 0 Å². The highest BCUT2D eigenvalue weighted by molar-refractivity contribution is 9.10. The molecule has 2 rings (SSSR count). The summed E-state index contributed by atoms with van der Waals surface area (Å²) in [6, 6.07) is 15.7. The molecule has 0 radical (unpaired) electrons. The van der Waals surface area contributed by atoms with E-state index in [1.807, 2.05) is 60.7 Å². The van der Waals surface area contributed by atoms with Crippen molar-refractivity contribution in [2.75, 3.05) is 6.61 Å². The number of hydrogen-bond donors (Lipinski definition) is 0. The van der Waals surface area contributed by atoms with Gasteiger partial charge in [0, 0.05) is 6.07 Å². The van der Waals surface area contributed by atoms with Crippen molar-refractivity contribution in [3.63, 3.8) is 0 Å². The van der Waals surface area contributed by atoms with E-state index in [-0.39, 0.29) is 0 Å². The third kappa shape index (κ3) is 4.04. The first-order valence-electron chi connectivity index (χ1n) is 5.31. The van der Waals surface area contributed by atoms with Crippen LogP contribution in [0.4, 0.5) is 0 Å². The van der Waals surface area contributed by atoms with E-state index in [1.54, 1.807) is 0 Å². The minimum atomic E-state index is 0.512. The molecule has 86 valence electrons. The lowest BCUT2D eigenvalue weighted by Crippen LogP contribution is -1.95. The molecule has 0 unspecified atom stereocenters. The molecule has 0 N–H and O–H groups in total. The Bertz CT molecular complexity index is 497. The van der Waals surface area contributed by atoms with Crippen LogP contribution in [-0.4, -0.2) is 11.6 Å². The van der Waals surface area contributed by atoms with E-state index in [9.17, 15) is 0 Å². The smallest absolute Gasteiger partial charge is 0.214 e. The fourth-order valence-electron chi connectivity index (χ4n) is 1.35. The molecule has 17 heavy (non-hydrogen) atoms. The van der Waals surface area contributed by atoms with E-state index in [1.165, 1.54) is 5.56 Å². The predicted molar refractivity (Wildman–Crippen MR) is 72.9 cm³/mol. The normalized spacial score (nSPS) is 10.6. The number of nitrogens with zero attached hydrogens (tertiary/aromatic N) is 1. The zero-order valence-electron chi connectivity index (χ0n) is 9.21. The highest BCUT2D eigenvalue weighted by Crippen LogP contribution is 2.12. The van der Waals surface area contributed by atoms with Crippen molar-refractivity contribution in [1.82, 2.24) is 4.98 Å². The molecule has 2 aromatic rings. The number of pyridine rings is 1. The molecule has 1 aromatic carbocycles. The first-order chi connectivity index (χ1) is 8.34. The highest BCUT2D eigenvalue weighted by Gasteiger charge is 1.93. The van der Waals surface area contributed by atoms with E-state index >= 15 is 0 Å². The largest absolute Gasteiger partial charge is 0.473 e. The Morgan fingerprint density at radius 2 is 1.88 bits per heavy atom. The van der Waals surface area contributed by atoms with Gasteiger partial charge in [-0.3, -0.25) is 0 Å². The second-order valence-electron chi connectivity index (χ2n) is 3.42. The molecule has 1 heterocycles. The summed E-state index contributed by atoms with van der Waals surface area (Å²) in [5.41, 5.74) is 1.17. The number of rotatable bonds is 4. The Kier molecular flexibility index (Phi) is 4.33. The van der Waals surface area contributed by atoms with Gasteiger partial charge in [0.2, 0.25) is 5.88 Å². The zero-order chi connectivity index (χ0) is 11.9. The fraction of sp³-hybridized carbons (Fsp3) is 0.0714. The van der Waals surface area contributed by atoms with Gasteiger partial charge in [0.25, 0.3) is 0 Å². The fourth-order valence-corrected chi connectivity index (χ4v) is 1.68. The van der Waals surface area contributed by atoms with Gasteiger partial charge >= 0.3 is 0 Å². The average molecular weight is 290 g/mol. The van der Waals surface area contributed by atoms with Gasteiger partial charge in [-0.05, 0) is 33.6 Å². The highest BCUT2D eigenvalue weighted by atomic mass is 79.9. The number of benzene rings is 1. The standard InChI is InChI=1S/C14H12BrNO/c15-13-9-4-10-14(16-13)17-11-5-8-12-6-2-1-3-7-12/h1-10H,11H2. The zero-order valence-corrected chi connectivity index (χ0v) is 10.8. The van der Waals surface area contributed by atoms with Crippen molar-refractivity contribution in [1.29, 1.82) is 0 Å². The lowest BCUT2D eigenvalue weighted by atomic mass is 10.2. The molecule has 0 aliphatic rings. The molecular weight excluding hydrogens is 278 g/mol. The van der Waals surface area contributed by atoms with Crippen LogP contribution in [0.3, 0.4) is 0 Å². The Labute approximate surface area is 109 Å². The Morgan fingerprint density at radius 3 is 2.65 bits per heavy atom. The molecule has 3 heteroatoms.